The molecule has 11 heteroatoms. The lowest BCUT2D eigenvalue weighted by atomic mass is 9.95. The molecule has 6 rings (SSSR count). The smallest absolute Gasteiger partial charge is 0.301 e. The van der Waals surface area contributed by atoms with Gasteiger partial charge in [-0.05, 0) is 66.1 Å². The number of aliphatic hydroxyl groups excluding tert-OH is 1. The number of rotatable bonds is 9. The van der Waals surface area contributed by atoms with Crippen LogP contribution in [0.25, 0.3) is 5.76 Å². The Bertz CT molecular complexity index is 1910. The third kappa shape index (κ3) is 6.45. The summed E-state index contributed by atoms with van der Waals surface area (Å²) in [6, 6.07) is 26.0. The maximum atomic E-state index is 14.1. The van der Waals surface area contributed by atoms with Gasteiger partial charge in [-0.1, -0.05) is 83.3 Å². The van der Waals surface area contributed by atoms with Gasteiger partial charge in [-0.3, -0.25) is 14.5 Å². The summed E-state index contributed by atoms with van der Waals surface area (Å²) in [5.41, 5.74) is 3.30. The van der Waals surface area contributed by atoms with Crippen molar-refractivity contribution in [2.45, 2.75) is 29.7 Å². The summed E-state index contributed by atoms with van der Waals surface area (Å²) < 4.78 is 20.5. The van der Waals surface area contributed by atoms with Crippen LogP contribution in [-0.2, 0) is 21.9 Å². The van der Waals surface area contributed by atoms with Crippen LogP contribution < -0.4 is 9.64 Å². The highest BCUT2D eigenvalue weighted by Gasteiger charge is 2.48. The molecule has 1 fully saturated rings. The quantitative estimate of drug-likeness (QED) is 0.0573. The Kier molecular flexibility index (Phi) is 8.63. The highest BCUT2D eigenvalue weighted by atomic mass is 32.2. The van der Waals surface area contributed by atoms with Crippen molar-refractivity contribution in [3.8, 4) is 11.5 Å². The van der Waals surface area contributed by atoms with Gasteiger partial charge in [0.25, 0.3) is 5.78 Å². The maximum Gasteiger partial charge on any atom is 0.301 e. The van der Waals surface area contributed by atoms with Gasteiger partial charge in [0, 0.05) is 11.3 Å². The minimum atomic E-state index is -1.04. The molecule has 1 atom stereocenters. The number of aliphatic hydroxyl groups is 1. The Morgan fingerprint density at radius 1 is 0.978 bits per heavy atom. The second-order valence-corrected chi connectivity index (χ2v) is 12.5. The lowest BCUT2D eigenvalue weighted by Gasteiger charge is -2.22. The molecule has 0 saturated carbocycles. The standard InChI is InChI=1S/C34H26FN3O5S2/c1-20-5-4-6-21(17-20)18-43-26-15-11-23(12-16-26)30(40)28-29(22-9-13-25(39)14-10-22)38(32(42)31(28)41)33-36-37-34(45-33)44-19-24-7-2-3-8-27(24)35/h2-17,29,39-40H,18-19H2,1H3. The summed E-state index contributed by atoms with van der Waals surface area (Å²) in [5, 5.41) is 29.8. The van der Waals surface area contributed by atoms with Gasteiger partial charge in [-0.25, -0.2) is 4.39 Å². The number of Topliss-reactive ketones (excluding diaryl/α,β-unsaturated/α-hetero) is 1. The van der Waals surface area contributed by atoms with Crippen molar-refractivity contribution in [3.05, 3.63) is 136 Å². The number of hydrogen-bond donors (Lipinski definition) is 2. The number of aromatic hydroxyl groups is 1. The zero-order valence-corrected chi connectivity index (χ0v) is 25.5. The lowest BCUT2D eigenvalue weighted by Crippen LogP contribution is -2.29. The number of halogens is 1. The van der Waals surface area contributed by atoms with Crippen molar-refractivity contribution in [1.29, 1.82) is 0 Å². The van der Waals surface area contributed by atoms with Crippen LogP contribution in [0.4, 0.5) is 9.52 Å². The van der Waals surface area contributed by atoms with Gasteiger partial charge in [0.05, 0.1) is 11.6 Å². The third-order valence-electron chi connectivity index (χ3n) is 7.18. The molecule has 1 aliphatic rings. The first-order valence-corrected chi connectivity index (χ1v) is 15.7. The van der Waals surface area contributed by atoms with E-state index in [0.717, 1.165) is 22.5 Å². The number of aryl methyl sites for hydroxylation is 1. The lowest BCUT2D eigenvalue weighted by molar-refractivity contribution is -0.132. The molecule has 0 radical (unpaired) electrons. The Labute approximate surface area is 266 Å². The summed E-state index contributed by atoms with van der Waals surface area (Å²) >= 11 is 2.33. The van der Waals surface area contributed by atoms with E-state index in [1.807, 2.05) is 31.2 Å². The van der Waals surface area contributed by atoms with Crippen molar-refractivity contribution in [2.75, 3.05) is 4.90 Å². The number of phenols is 1. The van der Waals surface area contributed by atoms with Crippen molar-refractivity contribution >= 4 is 45.7 Å². The van der Waals surface area contributed by atoms with E-state index in [2.05, 4.69) is 10.2 Å². The summed E-state index contributed by atoms with van der Waals surface area (Å²) in [6.45, 7) is 2.37. The first-order chi connectivity index (χ1) is 21.8. The number of amides is 1. The van der Waals surface area contributed by atoms with Crippen LogP contribution in [0.3, 0.4) is 0 Å². The molecule has 1 aliphatic heterocycles. The minimum absolute atomic E-state index is 0.000278. The highest BCUT2D eigenvalue weighted by Crippen LogP contribution is 2.44. The molecule has 1 saturated heterocycles. The predicted octanol–water partition coefficient (Wildman–Crippen LogP) is 7.19. The molecule has 8 nitrogen and oxygen atoms in total. The first-order valence-electron chi connectivity index (χ1n) is 13.9. The van der Waals surface area contributed by atoms with E-state index in [0.29, 0.717) is 39.1 Å². The molecule has 45 heavy (non-hydrogen) atoms. The molecule has 0 spiro atoms. The number of hydrogen-bond acceptors (Lipinski definition) is 9. The second-order valence-electron chi connectivity index (χ2n) is 10.3. The van der Waals surface area contributed by atoms with Crippen LogP contribution >= 0.6 is 23.1 Å². The second kappa shape index (κ2) is 12.9. The van der Waals surface area contributed by atoms with Crippen molar-refractivity contribution in [1.82, 2.24) is 10.2 Å². The van der Waals surface area contributed by atoms with E-state index in [9.17, 15) is 24.2 Å². The van der Waals surface area contributed by atoms with Crippen LogP contribution in [0, 0.1) is 12.7 Å². The average molecular weight is 640 g/mol. The fourth-order valence-corrected chi connectivity index (χ4v) is 6.80. The molecule has 1 aromatic heterocycles. The molecular formula is C34H26FN3O5S2. The van der Waals surface area contributed by atoms with E-state index >= 15 is 0 Å². The maximum absolute atomic E-state index is 14.1. The fraction of sp³-hybridized carbons (Fsp3) is 0.118. The number of carbonyl (C=O) groups is 2. The van der Waals surface area contributed by atoms with Crippen LogP contribution in [0.2, 0.25) is 0 Å². The van der Waals surface area contributed by atoms with E-state index in [1.54, 1.807) is 54.6 Å². The molecule has 226 valence electrons. The van der Waals surface area contributed by atoms with E-state index < -0.39 is 17.7 Å². The van der Waals surface area contributed by atoms with Gasteiger partial charge >= 0.3 is 5.91 Å². The minimum Gasteiger partial charge on any atom is -0.508 e. The topological polar surface area (TPSA) is 113 Å². The van der Waals surface area contributed by atoms with Crippen molar-refractivity contribution in [3.63, 3.8) is 0 Å². The van der Waals surface area contributed by atoms with Crippen LogP contribution in [0.5, 0.6) is 11.5 Å². The molecule has 0 aliphatic carbocycles. The van der Waals surface area contributed by atoms with Crippen molar-refractivity contribution in [2.24, 2.45) is 0 Å². The number of ether oxygens (including phenoxy) is 1. The monoisotopic (exact) mass is 639 g/mol. The SMILES string of the molecule is Cc1cccc(COc2ccc(C(O)=C3C(=O)C(=O)N(c4nnc(SCc5ccccc5F)s4)C3c3ccc(O)cc3)cc2)c1. The first kappa shape index (κ1) is 30.0. The van der Waals surface area contributed by atoms with Crippen LogP contribution in [-0.4, -0.2) is 32.1 Å². The third-order valence-corrected chi connectivity index (χ3v) is 9.28. The van der Waals surface area contributed by atoms with E-state index in [1.165, 1.54) is 34.9 Å². The summed E-state index contributed by atoms with van der Waals surface area (Å²) in [7, 11) is 0. The van der Waals surface area contributed by atoms with Gasteiger partial charge in [-0.15, -0.1) is 10.2 Å². The number of carbonyl (C=O) groups excluding carboxylic acids is 2. The Morgan fingerprint density at radius 2 is 1.73 bits per heavy atom. The number of nitrogens with zero attached hydrogens (tertiary/aromatic N) is 3. The number of phenolic OH excluding ortho intramolecular Hbond substituents is 1. The normalized spacial score (nSPS) is 15.9. The summed E-state index contributed by atoms with van der Waals surface area (Å²) in [5.74, 6) is -1.60. The largest absolute Gasteiger partial charge is 0.508 e. The van der Waals surface area contributed by atoms with E-state index in [4.69, 9.17) is 4.74 Å². The number of thioether (sulfide) groups is 1. The van der Waals surface area contributed by atoms with Crippen molar-refractivity contribution < 1.29 is 28.9 Å². The molecule has 1 amide bonds. The number of anilines is 1. The Balaban J connectivity index is 1.30. The number of benzene rings is 4. The van der Waals surface area contributed by atoms with Gasteiger partial charge in [0.1, 0.15) is 29.7 Å². The van der Waals surface area contributed by atoms with Crippen LogP contribution in [0.15, 0.2) is 107 Å². The number of ketones is 1. The Hall–Kier alpha value is -5.00. The predicted molar refractivity (Wildman–Crippen MR) is 171 cm³/mol. The molecule has 0 bridgehead atoms. The molecule has 1 unspecified atom stereocenters. The molecular weight excluding hydrogens is 614 g/mol. The number of aromatic nitrogens is 2. The van der Waals surface area contributed by atoms with Gasteiger partial charge in [0.15, 0.2) is 4.34 Å². The van der Waals surface area contributed by atoms with Gasteiger partial charge < -0.3 is 14.9 Å². The molecule has 5 aromatic rings. The zero-order valence-electron chi connectivity index (χ0n) is 23.9. The van der Waals surface area contributed by atoms with Crippen LogP contribution in [0.1, 0.15) is 33.9 Å². The zero-order chi connectivity index (χ0) is 31.5. The summed E-state index contributed by atoms with van der Waals surface area (Å²) in [4.78, 5) is 28.2. The molecule has 4 aromatic carbocycles. The molecule has 2 N–H and O–H groups in total. The summed E-state index contributed by atoms with van der Waals surface area (Å²) in [6.07, 6.45) is 0. The molecule has 2 heterocycles. The average Bonchev–Trinajstić information content (AvgIpc) is 3.61. The fourth-order valence-electron chi connectivity index (χ4n) is 4.95. The van der Waals surface area contributed by atoms with Gasteiger partial charge in [-0.2, -0.15) is 0 Å². The Morgan fingerprint density at radius 3 is 2.47 bits per heavy atom. The highest BCUT2D eigenvalue weighted by molar-refractivity contribution is 8.00. The van der Waals surface area contributed by atoms with E-state index in [-0.39, 0.29) is 28.0 Å². The van der Waals surface area contributed by atoms with Gasteiger partial charge in [0.2, 0.25) is 5.13 Å².